The molecule has 2 heterocycles. The molecule has 6 heteroatoms. The van der Waals surface area contributed by atoms with Gasteiger partial charge >= 0.3 is 6.03 Å². The molecule has 2 N–H and O–H groups in total. The van der Waals surface area contributed by atoms with Crippen LogP contribution in [-0.2, 0) is 13.1 Å². The highest BCUT2D eigenvalue weighted by molar-refractivity contribution is 5.88. The molecule has 116 valence electrons. The monoisotopic (exact) mass is 307 g/mol. The van der Waals surface area contributed by atoms with Crippen molar-refractivity contribution >= 4 is 11.7 Å². The predicted molar refractivity (Wildman–Crippen MR) is 87.9 cm³/mol. The van der Waals surface area contributed by atoms with Crippen molar-refractivity contribution in [3.05, 3.63) is 78.4 Å². The van der Waals surface area contributed by atoms with Crippen LogP contribution in [0.5, 0.6) is 0 Å². The van der Waals surface area contributed by atoms with Gasteiger partial charge in [0.05, 0.1) is 18.4 Å². The van der Waals surface area contributed by atoms with Crippen molar-refractivity contribution in [1.29, 1.82) is 0 Å². The average molecular weight is 307 g/mol. The van der Waals surface area contributed by atoms with Crippen LogP contribution in [0.1, 0.15) is 11.1 Å². The first-order chi connectivity index (χ1) is 11.3. The average Bonchev–Trinajstić information content (AvgIpc) is 3.08. The van der Waals surface area contributed by atoms with E-state index in [4.69, 9.17) is 0 Å². The summed E-state index contributed by atoms with van der Waals surface area (Å²) in [6, 6.07) is 13.2. The van der Waals surface area contributed by atoms with Gasteiger partial charge in [0.15, 0.2) is 0 Å². The summed E-state index contributed by atoms with van der Waals surface area (Å²) in [5.41, 5.74) is 2.84. The molecular weight excluding hydrogens is 290 g/mol. The first kappa shape index (κ1) is 14.8. The van der Waals surface area contributed by atoms with Crippen LogP contribution in [0.25, 0.3) is 0 Å². The highest BCUT2D eigenvalue weighted by Gasteiger charge is 2.06. The van der Waals surface area contributed by atoms with Gasteiger partial charge in [-0.05, 0) is 29.3 Å². The van der Waals surface area contributed by atoms with Crippen LogP contribution in [0.15, 0.2) is 67.3 Å². The van der Waals surface area contributed by atoms with Gasteiger partial charge in [-0.15, -0.1) is 0 Å². The predicted octanol–water partition coefficient (Wildman–Crippen LogP) is 2.65. The molecule has 0 spiro atoms. The van der Waals surface area contributed by atoms with E-state index in [9.17, 15) is 4.79 Å². The second-order valence-electron chi connectivity index (χ2n) is 5.02. The van der Waals surface area contributed by atoms with Crippen molar-refractivity contribution in [3.8, 4) is 0 Å². The Balaban J connectivity index is 1.60. The van der Waals surface area contributed by atoms with Crippen molar-refractivity contribution in [2.45, 2.75) is 13.1 Å². The molecule has 0 radical (unpaired) electrons. The number of aromatic nitrogens is 3. The zero-order chi connectivity index (χ0) is 15.9. The van der Waals surface area contributed by atoms with Crippen molar-refractivity contribution in [2.75, 3.05) is 5.32 Å². The number of carbonyl (C=O) groups excluding carboxylic acids is 1. The van der Waals surface area contributed by atoms with E-state index in [2.05, 4.69) is 20.7 Å². The molecule has 0 saturated heterocycles. The molecule has 0 aliphatic rings. The summed E-state index contributed by atoms with van der Waals surface area (Å²) in [7, 11) is 0. The molecule has 0 bridgehead atoms. The SMILES string of the molecule is O=C(NCc1ccccc1Cn1cccn1)Nc1cccnc1. The molecular formula is C17H17N5O. The van der Waals surface area contributed by atoms with Crippen molar-refractivity contribution < 1.29 is 4.79 Å². The number of urea groups is 1. The molecule has 2 aromatic heterocycles. The number of nitrogens with zero attached hydrogens (tertiary/aromatic N) is 3. The molecule has 6 nitrogen and oxygen atoms in total. The van der Waals surface area contributed by atoms with Crippen LogP contribution in [0.2, 0.25) is 0 Å². The molecule has 3 aromatic rings. The quantitative estimate of drug-likeness (QED) is 0.761. The van der Waals surface area contributed by atoms with Gasteiger partial charge in [0.25, 0.3) is 0 Å². The maximum Gasteiger partial charge on any atom is 0.319 e. The van der Waals surface area contributed by atoms with Crippen LogP contribution in [-0.4, -0.2) is 20.8 Å². The Labute approximate surface area is 134 Å². The second-order valence-corrected chi connectivity index (χ2v) is 5.02. The molecule has 0 fully saturated rings. The lowest BCUT2D eigenvalue weighted by atomic mass is 10.1. The Morgan fingerprint density at radius 3 is 2.65 bits per heavy atom. The van der Waals surface area contributed by atoms with Crippen molar-refractivity contribution in [1.82, 2.24) is 20.1 Å². The zero-order valence-corrected chi connectivity index (χ0v) is 12.5. The lowest BCUT2D eigenvalue weighted by Gasteiger charge is -2.11. The van der Waals surface area contributed by atoms with Crippen LogP contribution in [0.3, 0.4) is 0 Å². The lowest BCUT2D eigenvalue weighted by Crippen LogP contribution is -2.28. The summed E-state index contributed by atoms with van der Waals surface area (Å²) in [6.45, 7) is 1.12. The molecule has 0 aliphatic heterocycles. The summed E-state index contributed by atoms with van der Waals surface area (Å²) in [4.78, 5) is 15.9. The number of benzene rings is 1. The third-order valence-corrected chi connectivity index (χ3v) is 3.37. The highest BCUT2D eigenvalue weighted by atomic mass is 16.2. The number of nitrogens with one attached hydrogen (secondary N) is 2. The van der Waals surface area contributed by atoms with Gasteiger partial charge in [0.1, 0.15) is 0 Å². The molecule has 23 heavy (non-hydrogen) atoms. The van der Waals surface area contributed by atoms with Gasteiger partial charge < -0.3 is 10.6 Å². The Morgan fingerprint density at radius 1 is 1.04 bits per heavy atom. The van der Waals surface area contributed by atoms with Crippen molar-refractivity contribution in [3.63, 3.8) is 0 Å². The lowest BCUT2D eigenvalue weighted by molar-refractivity contribution is 0.251. The van der Waals surface area contributed by atoms with E-state index in [1.165, 1.54) is 0 Å². The summed E-state index contributed by atoms with van der Waals surface area (Å²) < 4.78 is 1.86. The summed E-state index contributed by atoms with van der Waals surface area (Å²) in [5, 5.41) is 9.82. The van der Waals surface area contributed by atoms with Gasteiger partial charge in [0, 0.05) is 25.1 Å². The number of hydrogen-bond acceptors (Lipinski definition) is 3. The number of amides is 2. The van der Waals surface area contributed by atoms with E-state index in [0.29, 0.717) is 18.8 Å². The third kappa shape index (κ3) is 4.16. The third-order valence-electron chi connectivity index (χ3n) is 3.37. The normalized spacial score (nSPS) is 10.3. The van der Waals surface area contributed by atoms with Crippen LogP contribution in [0, 0.1) is 0 Å². The van der Waals surface area contributed by atoms with E-state index in [1.807, 2.05) is 41.2 Å². The first-order valence-corrected chi connectivity index (χ1v) is 7.30. The van der Waals surface area contributed by atoms with E-state index in [-0.39, 0.29) is 6.03 Å². The number of carbonyl (C=O) groups is 1. The van der Waals surface area contributed by atoms with Gasteiger partial charge in [-0.25, -0.2) is 4.79 Å². The number of rotatable bonds is 5. The van der Waals surface area contributed by atoms with E-state index in [0.717, 1.165) is 11.1 Å². The van der Waals surface area contributed by atoms with Gasteiger partial charge in [-0.1, -0.05) is 24.3 Å². The Hall–Kier alpha value is -3.15. The fourth-order valence-corrected chi connectivity index (χ4v) is 2.24. The van der Waals surface area contributed by atoms with Gasteiger partial charge in [0.2, 0.25) is 0 Å². The van der Waals surface area contributed by atoms with Crippen LogP contribution in [0.4, 0.5) is 10.5 Å². The molecule has 1 aromatic carbocycles. The second kappa shape index (κ2) is 7.22. The maximum atomic E-state index is 11.9. The van der Waals surface area contributed by atoms with Crippen molar-refractivity contribution in [2.24, 2.45) is 0 Å². The Bertz CT molecular complexity index is 756. The van der Waals surface area contributed by atoms with E-state index >= 15 is 0 Å². The van der Waals surface area contributed by atoms with Crippen LogP contribution >= 0.6 is 0 Å². The molecule has 0 saturated carbocycles. The maximum absolute atomic E-state index is 11.9. The first-order valence-electron chi connectivity index (χ1n) is 7.30. The molecule has 0 aliphatic carbocycles. The molecule has 2 amide bonds. The molecule has 0 atom stereocenters. The largest absolute Gasteiger partial charge is 0.334 e. The van der Waals surface area contributed by atoms with E-state index < -0.39 is 0 Å². The minimum absolute atomic E-state index is 0.258. The topological polar surface area (TPSA) is 71.8 Å². The number of pyridine rings is 1. The summed E-state index contributed by atoms with van der Waals surface area (Å²) >= 11 is 0. The Morgan fingerprint density at radius 2 is 1.91 bits per heavy atom. The number of anilines is 1. The smallest absolute Gasteiger partial charge is 0.319 e. The summed E-state index contributed by atoms with van der Waals surface area (Å²) in [5.74, 6) is 0. The fraction of sp³-hybridized carbons (Fsp3) is 0.118. The van der Waals surface area contributed by atoms with E-state index in [1.54, 1.807) is 30.7 Å². The zero-order valence-electron chi connectivity index (χ0n) is 12.5. The van der Waals surface area contributed by atoms with Crippen LogP contribution < -0.4 is 10.6 Å². The highest BCUT2D eigenvalue weighted by Crippen LogP contribution is 2.10. The number of hydrogen-bond donors (Lipinski definition) is 2. The fourth-order valence-electron chi connectivity index (χ4n) is 2.24. The Kier molecular flexibility index (Phi) is 4.63. The molecule has 3 rings (SSSR count). The minimum atomic E-state index is -0.258. The molecule has 0 unspecified atom stereocenters. The van der Waals surface area contributed by atoms with Gasteiger partial charge in [-0.2, -0.15) is 5.10 Å². The van der Waals surface area contributed by atoms with Gasteiger partial charge in [-0.3, -0.25) is 9.67 Å². The minimum Gasteiger partial charge on any atom is -0.334 e. The standard InChI is InChI=1S/C17H17N5O/c23-17(21-16-7-3-8-18-12-16)19-11-14-5-1-2-6-15(14)13-22-10-4-9-20-22/h1-10,12H,11,13H2,(H2,19,21,23). The summed E-state index contributed by atoms with van der Waals surface area (Å²) in [6.07, 6.45) is 6.93.